The Balaban J connectivity index is 2.20. The molecule has 0 fully saturated rings. The number of ether oxygens (including phenoxy) is 2. The van der Waals surface area contributed by atoms with E-state index in [2.05, 4.69) is 19.8 Å². The number of methoxy groups -OCH3 is 2. The molecule has 0 unspecified atom stereocenters. The summed E-state index contributed by atoms with van der Waals surface area (Å²) in [5, 5.41) is 15.1. The molecular weight excluding hydrogens is 396 g/mol. The Kier molecular flexibility index (Phi) is 6.55. The van der Waals surface area contributed by atoms with Crippen LogP contribution in [-0.2, 0) is 32.0 Å². The number of hydrogen-bond donors (Lipinski definition) is 1. The van der Waals surface area contributed by atoms with Gasteiger partial charge in [-0.25, -0.2) is 9.78 Å². The Morgan fingerprint density at radius 3 is 2.64 bits per heavy atom. The van der Waals surface area contributed by atoms with E-state index in [1.54, 1.807) is 5.38 Å². The lowest BCUT2D eigenvalue weighted by Crippen LogP contribution is -2.29. The molecule has 0 aliphatic rings. The van der Waals surface area contributed by atoms with Crippen molar-refractivity contribution in [3.05, 3.63) is 49.4 Å². The van der Waals surface area contributed by atoms with Gasteiger partial charge in [-0.2, -0.15) is 0 Å². The molecule has 2 aromatic rings. The molecule has 0 aliphatic heterocycles. The van der Waals surface area contributed by atoms with Gasteiger partial charge >= 0.3 is 23.2 Å². The van der Waals surface area contributed by atoms with Crippen molar-refractivity contribution in [1.82, 2.24) is 9.55 Å². The summed E-state index contributed by atoms with van der Waals surface area (Å²) in [6.45, 7) is -0.601. The van der Waals surface area contributed by atoms with Gasteiger partial charge in [-0.05, 0) is 0 Å². The van der Waals surface area contributed by atoms with Gasteiger partial charge in [0.05, 0.1) is 36.8 Å². The summed E-state index contributed by atoms with van der Waals surface area (Å²) < 4.78 is 9.73. The number of thiazole rings is 1. The molecule has 148 valence electrons. The molecule has 0 radical (unpaired) electrons. The number of aromatic nitrogens is 2. The number of amides is 1. The van der Waals surface area contributed by atoms with Crippen LogP contribution in [0.1, 0.15) is 16.1 Å². The highest BCUT2D eigenvalue weighted by atomic mass is 32.1. The van der Waals surface area contributed by atoms with E-state index in [0.29, 0.717) is 5.69 Å². The largest absolute Gasteiger partial charge is 0.469 e. The third kappa shape index (κ3) is 4.97. The van der Waals surface area contributed by atoms with Gasteiger partial charge in [-0.3, -0.25) is 29.1 Å². The number of nitrogens with one attached hydrogen (secondary N) is 1. The highest BCUT2D eigenvalue weighted by Crippen LogP contribution is 2.16. The molecule has 0 aliphatic carbocycles. The van der Waals surface area contributed by atoms with E-state index in [1.807, 2.05) is 0 Å². The van der Waals surface area contributed by atoms with Crippen LogP contribution in [0.2, 0.25) is 0 Å². The maximum absolute atomic E-state index is 12.2. The summed E-state index contributed by atoms with van der Waals surface area (Å²) in [6, 6.07) is 0.780. The van der Waals surface area contributed by atoms with Crippen LogP contribution in [0.25, 0.3) is 0 Å². The molecule has 1 amide bonds. The summed E-state index contributed by atoms with van der Waals surface area (Å²) in [5.41, 5.74) is -1.80. The van der Waals surface area contributed by atoms with Crippen molar-refractivity contribution in [2.75, 3.05) is 19.5 Å². The minimum atomic E-state index is -1.06. The number of carbonyl (C=O) groups is 3. The van der Waals surface area contributed by atoms with E-state index in [-0.39, 0.29) is 17.1 Å². The average molecular weight is 410 g/mol. The second kappa shape index (κ2) is 8.85. The monoisotopic (exact) mass is 410 g/mol. The standard InChI is InChI=1S/C15H14N4O8S/c1-26-12(21)4-9-7-28-15(16-9)17-11(20)6-18-5-8(14(23)27-2)3-10(13(18)22)19(24)25/h3,5,7H,4,6H2,1-2H3,(H,16,17,20). The molecular formula is C15H14N4O8S. The van der Waals surface area contributed by atoms with Gasteiger partial charge in [0.25, 0.3) is 0 Å². The van der Waals surface area contributed by atoms with Crippen LogP contribution in [0.4, 0.5) is 10.8 Å². The number of nitrogens with zero attached hydrogens (tertiary/aromatic N) is 3. The summed E-state index contributed by atoms with van der Waals surface area (Å²) in [7, 11) is 2.31. The molecule has 0 saturated carbocycles. The fourth-order valence-corrected chi connectivity index (χ4v) is 2.80. The molecule has 2 rings (SSSR count). The Morgan fingerprint density at radius 1 is 1.32 bits per heavy atom. The number of hydrogen-bond acceptors (Lipinski definition) is 10. The van der Waals surface area contributed by atoms with Crippen LogP contribution >= 0.6 is 11.3 Å². The zero-order valence-electron chi connectivity index (χ0n) is 14.7. The molecule has 1 N–H and O–H groups in total. The number of nitro groups is 1. The number of pyridine rings is 1. The van der Waals surface area contributed by atoms with E-state index < -0.39 is 40.6 Å². The van der Waals surface area contributed by atoms with Crippen molar-refractivity contribution in [1.29, 1.82) is 0 Å². The van der Waals surface area contributed by atoms with Crippen LogP contribution in [0.3, 0.4) is 0 Å². The Hall–Kier alpha value is -3.61. The molecule has 0 spiro atoms. The zero-order valence-corrected chi connectivity index (χ0v) is 15.5. The molecule has 2 heterocycles. The summed E-state index contributed by atoms with van der Waals surface area (Å²) in [4.78, 5) is 61.3. The molecule has 28 heavy (non-hydrogen) atoms. The fourth-order valence-electron chi connectivity index (χ4n) is 2.08. The van der Waals surface area contributed by atoms with E-state index in [1.165, 1.54) is 7.11 Å². The third-order valence-electron chi connectivity index (χ3n) is 3.35. The molecule has 0 atom stereocenters. The van der Waals surface area contributed by atoms with E-state index >= 15 is 0 Å². The predicted molar refractivity (Wildman–Crippen MR) is 95.2 cm³/mol. The van der Waals surface area contributed by atoms with Crippen LogP contribution in [0.5, 0.6) is 0 Å². The van der Waals surface area contributed by atoms with Gasteiger partial charge < -0.3 is 14.8 Å². The summed E-state index contributed by atoms with van der Waals surface area (Å²) >= 11 is 1.04. The first-order valence-corrected chi connectivity index (χ1v) is 8.41. The van der Waals surface area contributed by atoms with Gasteiger partial charge in [0.1, 0.15) is 6.54 Å². The molecule has 2 aromatic heterocycles. The van der Waals surface area contributed by atoms with Crippen LogP contribution in [0.15, 0.2) is 22.4 Å². The Bertz CT molecular complexity index is 996. The van der Waals surface area contributed by atoms with Gasteiger partial charge in [0.2, 0.25) is 5.91 Å². The lowest BCUT2D eigenvalue weighted by atomic mass is 10.2. The van der Waals surface area contributed by atoms with Crippen LogP contribution in [-0.4, -0.2) is 46.5 Å². The van der Waals surface area contributed by atoms with Crippen molar-refractivity contribution in [3.63, 3.8) is 0 Å². The average Bonchev–Trinajstić information content (AvgIpc) is 3.08. The highest BCUT2D eigenvalue weighted by molar-refractivity contribution is 7.13. The van der Waals surface area contributed by atoms with Crippen molar-refractivity contribution in [2.24, 2.45) is 0 Å². The highest BCUT2D eigenvalue weighted by Gasteiger charge is 2.21. The Morgan fingerprint density at radius 2 is 2.04 bits per heavy atom. The van der Waals surface area contributed by atoms with Crippen molar-refractivity contribution < 1.29 is 28.8 Å². The van der Waals surface area contributed by atoms with Gasteiger partial charge in [-0.1, -0.05) is 0 Å². The lowest BCUT2D eigenvalue weighted by Gasteiger charge is -2.07. The van der Waals surface area contributed by atoms with Crippen molar-refractivity contribution in [2.45, 2.75) is 13.0 Å². The first-order chi connectivity index (χ1) is 13.2. The van der Waals surface area contributed by atoms with Crippen molar-refractivity contribution in [3.8, 4) is 0 Å². The minimum Gasteiger partial charge on any atom is -0.469 e. The first kappa shape index (κ1) is 20.7. The normalized spacial score (nSPS) is 10.2. The quantitative estimate of drug-likeness (QED) is 0.386. The van der Waals surface area contributed by atoms with E-state index in [9.17, 15) is 29.3 Å². The number of carbonyl (C=O) groups excluding carboxylic acids is 3. The van der Waals surface area contributed by atoms with E-state index in [0.717, 1.165) is 35.3 Å². The van der Waals surface area contributed by atoms with Crippen LogP contribution in [0, 0.1) is 10.1 Å². The second-order valence-electron chi connectivity index (χ2n) is 5.24. The number of rotatable bonds is 7. The summed E-state index contributed by atoms with van der Waals surface area (Å²) in [6.07, 6.45) is 0.918. The molecule has 12 nitrogen and oxygen atoms in total. The Labute approximate surface area is 160 Å². The van der Waals surface area contributed by atoms with Gasteiger partial charge in [0, 0.05) is 17.6 Å². The number of esters is 2. The molecule has 13 heteroatoms. The second-order valence-corrected chi connectivity index (χ2v) is 6.10. The first-order valence-electron chi connectivity index (χ1n) is 7.53. The summed E-state index contributed by atoms with van der Waals surface area (Å²) in [5.74, 6) is -2.11. The molecule has 0 saturated heterocycles. The smallest absolute Gasteiger partial charge is 0.339 e. The van der Waals surface area contributed by atoms with Crippen molar-refractivity contribution >= 4 is 40.0 Å². The zero-order chi connectivity index (χ0) is 20.8. The molecule has 0 bridgehead atoms. The maximum atomic E-state index is 12.2. The topological polar surface area (TPSA) is 160 Å². The number of anilines is 1. The van der Waals surface area contributed by atoms with Gasteiger partial charge in [-0.15, -0.1) is 11.3 Å². The minimum absolute atomic E-state index is 0.0737. The maximum Gasteiger partial charge on any atom is 0.339 e. The van der Waals surface area contributed by atoms with Gasteiger partial charge in [0.15, 0.2) is 5.13 Å². The third-order valence-corrected chi connectivity index (χ3v) is 4.16. The fraction of sp³-hybridized carbons (Fsp3) is 0.267. The predicted octanol–water partition coefficient (Wildman–Crippen LogP) is 0.354. The van der Waals surface area contributed by atoms with E-state index in [4.69, 9.17) is 0 Å². The lowest BCUT2D eigenvalue weighted by molar-refractivity contribution is -0.386. The SMILES string of the molecule is COC(=O)Cc1csc(NC(=O)Cn2cc(C(=O)OC)cc([N+](=O)[O-])c2=O)n1. The van der Waals surface area contributed by atoms with Crippen LogP contribution < -0.4 is 10.9 Å². The molecule has 0 aromatic carbocycles.